The van der Waals surface area contributed by atoms with E-state index in [0.29, 0.717) is 19.3 Å². The summed E-state index contributed by atoms with van der Waals surface area (Å²) >= 11 is 0. The summed E-state index contributed by atoms with van der Waals surface area (Å²) < 4.78 is 15.1. The maximum Gasteiger partial charge on any atom is 0.351 e. The highest BCUT2D eigenvalue weighted by Gasteiger charge is 2.62. The maximum absolute atomic E-state index is 12.6. The van der Waals surface area contributed by atoms with Gasteiger partial charge < -0.3 is 24.4 Å². The van der Waals surface area contributed by atoms with Crippen molar-refractivity contribution in [3.8, 4) is 0 Å². The summed E-state index contributed by atoms with van der Waals surface area (Å²) in [7, 11) is 0. The smallest absolute Gasteiger partial charge is 0.351 e. The maximum atomic E-state index is 12.6. The molecule has 27 heavy (non-hydrogen) atoms. The Kier molecular flexibility index (Phi) is 5.16. The van der Waals surface area contributed by atoms with Crippen LogP contribution in [0.4, 0.5) is 0 Å². The zero-order valence-corrected chi connectivity index (χ0v) is 14.2. The fourth-order valence-corrected chi connectivity index (χ4v) is 3.75. The third kappa shape index (κ3) is 3.29. The molecule has 150 valence electrons. The predicted molar refractivity (Wildman–Crippen MR) is 80.1 cm³/mol. The van der Waals surface area contributed by atoms with Crippen LogP contribution >= 0.6 is 0 Å². The van der Waals surface area contributed by atoms with Gasteiger partial charge in [0.1, 0.15) is 18.3 Å². The molecule has 1 aliphatic carbocycles. The highest BCUT2D eigenvalue weighted by atomic mass is 17.0. The first-order chi connectivity index (χ1) is 12.7. The van der Waals surface area contributed by atoms with E-state index in [1.807, 2.05) is 0 Å². The normalized spacial score (nSPS) is 34.5. The molecule has 0 spiro atoms. The Labute approximate surface area is 152 Å². The molecule has 12 nitrogen and oxygen atoms in total. The third-order valence-corrected chi connectivity index (χ3v) is 5.28. The van der Waals surface area contributed by atoms with E-state index in [-0.39, 0.29) is 19.4 Å². The number of hydrogen-bond donors (Lipinski definition) is 2. The molecular weight excluding hydrogens is 370 g/mol. The molecule has 0 aromatic heterocycles. The van der Waals surface area contributed by atoms with Gasteiger partial charge in [0, 0.05) is 0 Å². The number of carbonyl (C=O) groups is 3. The van der Waals surface area contributed by atoms with Gasteiger partial charge in [-0.3, -0.25) is 9.59 Å². The van der Waals surface area contributed by atoms with Crippen LogP contribution < -0.4 is 0 Å². The van der Waals surface area contributed by atoms with E-state index in [0.717, 1.165) is 0 Å². The van der Waals surface area contributed by atoms with Gasteiger partial charge in [-0.25, -0.2) is 9.63 Å². The first-order valence-corrected chi connectivity index (χ1v) is 8.48. The van der Waals surface area contributed by atoms with Crippen LogP contribution in [0.2, 0.25) is 0 Å². The van der Waals surface area contributed by atoms with Crippen LogP contribution in [0.25, 0.3) is 0 Å². The molecule has 2 heterocycles. The zero-order chi connectivity index (χ0) is 19.8. The summed E-state index contributed by atoms with van der Waals surface area (Å²) in [6.45, 7) is -0.740. The molecule has 3 fully saturated rings. The minimum absolute atomic E-state index is 0.0814. The number of esters is 2. The van der Waals surface area contributed by atoms with Crippen molar-refractivity contribution in [1.82, 2.24) is 0 Å². The van der Waals surface area contributed by atoms with Crippen LogP contribution in [0.5, 0.6) is 0 Å². The molecular formula is C15H19NO11. The van der Waals surface area contributed by atoms with E-state index in [4.69, 9.17) is 14.2 Å². The summed E-state index contributed by atoms with van der Waals surface area (Å²) in [5.41, 5.74) is -4.34. The van der Waals surface area contributed by atoms with Crippen LogP contribution in [-0.2, 0) is 33.4 Å². The number of hydrogen-bond acceptors (Lipinski definition) is 11. The highest BCUT2D eigenvalue weighted by molar-refractivity contribution is 6.04. The van der Waals surface area contributed by atoms with Crippen LogP contribution in [0.15, 0.2) is 0 Å². The molecule has 0 radical (unpaired) electrons. The number of aliphatic hydroxyl groups is 2. The lowest BCUT2D eigenvalue weighted by atomic mass is 9.74. The monoisotopic (exact) mass is 389 g/mol. The molecule has 1 saturated carbocycles. The molecule has 2 aliphatic heterocycles. The van der Waals surface area contributed by atoms with Gasteiger partial charge in [-0.2, -0.15) is 0 Å². The summed E-state index contributed by atoms with van der Waals surface area (Å²) in [5.74, 6) is -4.15. The van der Waals surface area contributed by atoms with Gasteiger partial charge in [0.2, 0.25) is 5.60 Å². The van der Waals surface area contributed by atoms with Gasteiger partial charge in [-0.1, -0.05) is 19.3 Å². The number of aliphatic hydroxyl groups excluding tert-OH is 1. The van der Waals surface area contributed by atoms with Crippen molar-refractivity contribution >= 4 is 17.9 Å². The zero-order valence-electron chi connectivity index (χ0n) is 14.2. The van der Waals surface area contributed by atoms with Gasteiger partial charge in [0.05, 0.1) is 13.2 Å². The molecule has 12 heteroatoms. The topological polar surface area (TPSA) is 172 Å². The second kappa shape index (κ2) is 7.11. The Morgan fingerprint density at radius 1 is 1.07 bits per heavy atom. The SMILES string of the molecule is O=C(OC(=O)[C@@]1(O)CO[C@@H]2[C@H](O)CO[C@@H]21)C1(C(=O)O[N+](=O)[O-])CCCCC1. The Morgan fingerprint density at radius 3 is 2.37 bits per heavy atom. The fraction of sp³-hybridized carbons (Fsp3) is 0.800. The van der Waals surface area contributed by atoms with E-state index in [1.54, 1.807) is 0 Å². The van der Waals surface area contributed by atoms with Gasteiger partial charge in [-0.05, 0) is 12.8 Å². The molecule has 2 saturated heterocycles. The molecule has 0 aromatic rings. The number of rotatable bonds is 4. The average molecular weight is 389 g/mol. The van der Waals surface area contributed by atoms with E-state index < -0.39 is 58.9 Å². The summed E-state index contributed by atoms with van der Waals surface area (Å²) in [6, 6.07) is 0. The van der Waals surface area contributed by atoms with Crippen molar-refractivity contribution in [2.75, 3.05) is 13.2 Å². The Hall–Kier alpha value is -2.15. The van der Waals surface area contributed by atoms with Crippen molar-refractivity contribution in [3.05, 3.63) is 10.1 Å². The molecule has 2 N–H and O–H groups in total. The highest BCUT2D eigenvalue weighted by Crippen LogP contribution is 2.40. The Bertz CT molecular complexity index is 658. The first kappa shape index (κ1) is 19.6. The van der Waals surface area contributed by atoms with E-state index in [2.05, 4.69) is 4.84 Å². The predicted octanol–water partition coefficient (Wildman–Crippen LogP) is -1.37. The van der Waals surface area contributed by atoms with Crippen molar-refractivity contribution in [2.45, 2.75) is 56.0 Å². The number of carbonyl (C=O) groups excluding carboxylic acids is 3. The molecule has 0 amide bonds. The second-order valence-electron chi connectivity index (χ2n) is 6.94. The lowest BCUT2D eigenvalue weighted by molar-refractivity contribution is -0.731. The second-order valence-corrected chi connectivity index (χ2v) is 6.94. The van der Waals surface area contributed by atoms with Crippen molar-refractivity contribution in [3.63, 3.8) is 0 Å². The minimum atomic E-state index is -2.35. The van der Waals surface area contributed by atoms with Crippen LogP contribution in [0, 0.1) is 15.5 Å². The lowest BCUT2D eigenvalue weighted by Gasteiger charge is -2.32. The molecule has 3 rings (SSSR count). The summed E-state index contributed by atoms with van der Waals surface area (Å²) in [4.78, 5) is 51.7. The minimum Gasteiger partial charge on any atom is -0.390 e. The summed E-state index contributed by atoms with van der Waals surface area (Å²) in [6.07, 6.45) is -1.90. The summed E-state index contributed by atoms with van der Waals surface area (Å²) in [5, 5.41) is 29.4. The first-order valence-electron chi connectivity index (χ1n) is 8.48. The van der Waals surface area contributed by atoms with Gasteiger partial charge in [0.25, 0.3) is 0 Å². The molecule has 0 aromatic carbocycles. The quantitative estimate of drug-likeness (QED) is 0.251. The molecule has 3 aliphatic rings. The molecule has 0 unspecified atom stereocenters. The van der Waals surface area contributed by atoms with Crippen molar-refractivity contribution < 1.29 is 48.7 Å². The molecule has 0 bridgehead atoms. The fourth-order valence-electron chi connectivity index (χ4n) is 3.75. The Morgan fingerprint density at radius 2 is 1.74 bits per heavy atom. The van der Waals surface area contributed by atoms with E-state index in [1.165, 1.54) is 0 Å². The van der Waals surface area contributed by atoms with Gasteiger partial charge in [-0.15, -0.1) is 10.1 Å². The largest absolute Gasteiger partial charge is 0.390 e. The van der Waals surface area contributed by atoms with Gasteiger partial charge in [0.15, 0.2) is 5.41 Å². The Balaban J connectivity index is 1.76. The van der Waals surface area contributed by atoms with Crippen LogP contribution in [0.3, 0.4) is 0 Å². The third-order valence-electron chi connectivity index (χ3n) is 5.28. The van der Waals surface area contributed by atoms with Crippen LogP contribution in [-0.4, -0.2) is 70.3 Å². The van der Waals surface area contributed by atoms with E-state index >= 15 is 0 Å². The number of fused-ring (bicyclic) bond motifs is 1. The van der Waals surface area contributed by atoms with E-state index in [9.17, 15) is 34.7 Å². The van der Waals surface area contributed by atoms with Crippen molar-refractivity contribution in [1.29, 1.82) is 0 Å². The number of nitrogens with zero attached hydrogens (tertiary/aromatic N) is 1. The van der Waals surface area contributed by atoms with Crippen LogP contribution in [0.1, 0.15) is 32.1 Å². The average Bonchev–Trinajstić information content (AvgIpc) is 3.17. The lowest BCUT2D eigenvalue weighted by Crippen LogP contribution is -2.54. The standard InChI is InChI=1S/C15H19NO11/c17-8-6-24-10-9(8)25-7-15(10,21)13(20)26-11(18)14(4-2-1-3-5-14)12(19)27-16(22)23/h8-10,17,21H,1-7H2/t8-,9-,10+,15-/m1/s1. The molecule has 4 atom stereocenters. The van der Waals surface area contributed by atoms with Crippen molar-refractivity contribution in [2.24, 2.45) is 5.41 Å². The number of ether oxygens (including phenoxy) is 3. The van der Waals surface area contributed by atoms with Gasteiger partial charge >= 0.3 is 23.0 Å².